The highest BCUT2D eigenvalue weighted by atomic mass is 16.7. The summed E-state index contributed by atoms with van der Waals surface area (Å²) in [7, 11) is 0. The van der Waals surface area contributed by atoms with Gasteiger partial charge in [0.1, 0.15) is 12.9 Å². The molecule has 0 aromatic carbocycles. The Balaban J connectivity index is 1.97. The second kappa shape index (κ2) is 8.63. The van der Waals surface area contributed by atoms with E-state index in [1.165, 1.54) is 6.42 Å². The Morgan fingerprint density at radius 1 is 1.20 bits per heavy atom. The normalized spacial score (nSPS) is 27.7. The molecule has 2 aliphatic rings. The average Bonchev–Trinajstić information content (AvgIpc) is 2.57. The number of hydrogen-bond donors (Lipinski definition) is 0. The van der Waals surface area contributed by atoms with Gasteiger partial charge < -0.3 is 19.0 Å². The summed E-state index contributed by atoms with van der Waals surface area (Å²) >= 11 is 0. The Morgan fingerprint density at radius 3 is 2.44 bits per heavy atom. The first-order chi connectivity index (χ1) is 11.7. The van der Waals surface area contributed by atoms with Crippen molar-refractivity contribution in [2.24, 2.45) is 11.3 Å². The van der Waals surface area contributed by atoms with E-state index in [2.05, 4.69) is 0 Å². The van der Waals surface area contributed by atoms with Crippen molar-refractivity contribution in [1.82, 2.24) is 0 Å². The number of rotatable bonds is 6. The third kappa shape index (κ3) is 6.07. The number of aldehydes is 1. The molecule has 0 amide bonds. The first-order valence-corrected chi connectivity index (χ1v) is 9.72. The zero-order valence-corrected chi connectivity index (χ0v) is 16.2. The molecule has 1 spiro atoms. The molecule has 0 N–H and O–H groups in total. The minimum absolute atomic E-state index is 0.0471. The quantitative estimate of drug-likeness (QED) is 0.532. The Morgan fingerprint density at radius 2 is 1.84 bits per heavy atom. The fraction of sp³-hybridized carbons (Fsp3) is 0.900. The highest BCUT2D eigenvalue weighted by Gasteiger charge is 2.43. The summed E-state index contributed by atoms with van der Waals surface area (Å²) < 4.78 is 18.1. The second-order valence-electron chi connectivity index (χ2n) is 8.73. The van der Waals surface area contributed by atoms with E-state index >= 15 is 0 Å². The van der Waals surface area contributed by atoms with Crippen LogP contribution >= 0.6 is 0 Å². The van der Waals surface area contributed by atoms with Gasteiger partial charge in [0.2, 0.25) is 0 Å². The van der Waals surface area contributed by atoms with E-state index in [-0.39, 0.29) is 30.7 Å². The predicted octanol–water partition coefficient (Wildman–Crippen LogP) is 4.03. The summed E-state index contributed by atoms with van der Waals surface area (Å²) in [4.78, 5) is 22.9. The largest absolute Gasteiger partial charge is 0.463 e. The molecule has 5 nitrogen and oxygen atoms in total. The monoisotopic (exact) mass is 354 g/mol. The summed E-state index contributed by atoms with van der Waals surface area (Å²) in [6.07, 6.45) is 8.52. The average molecular weight is 354 g/mol. The molecule has 2 rings (SSSR count). The summed E-state index contributed by atoms with van der Waals surface area (Å²) in [5.41, 5.74) is -0.507. The van der Waals surface area contributed by atoms with Crippen molar-refractivity contribution in [1.29, 1.82) is 0 Å². The molecule has 0 unspecified atom stereocenters. The Kier molecular flexibility index (Phi) is 7.03. The molecular formula is C20H34O5. The molecule has 0 bridgehead atoms. The number of hydrogen-bond acceptors (Lipinski definition) is 5. The molecule has 2 fully saturated rings. The molecule has 144 valence electrons. The number of ether oxygens (including phenoxy) is 3. The van der Waals surface area contributed by atoms with Crippen LogP contribution in [-0.2, 0) is 23.8 Å². The molecule has 1 heterocycles. The highest BCUT2D eigenvalue weighted by molar-refractivity contribution is 5.75. The zero-order chi connectivity index (χ0) is 18.5. The zero-order valence-electron chi connectivity index (χ0n) is 16.2. The molecule has 3 atom stereocenters. The third-order valence-corrected chi connectivity index (χ3v) is 5.09. The maximum absolute atomic E-state index is 12.1. The van der Waals surface area contributed by atoms with Crippen molar-refractivity contribution >= 4 is 12.3 Å². The van der Waals surface area contributed by atoms with Gasteiger partial charge in [-0.15, -0.1) is 0 Å². The van der Waals surface area contributed by atoms with Gasteiger partial charge in [0.15, 0.2) is 5.79 Å². The van der Waals surface area contributed by atoms with E-state index in [1.54, 1.807) is 0 Å². The number of esters is 1. The topological polar surface area (TPSA) is 61.8 Å². The van der Waals surface area contributed by atoms with E-state index in [4.69, 9.17) is 14.2 Å². The highest BCUT2D eigenvalue weighted by Crippen LogP contribution is 2.40. The lowest BCUT2D eigenvalue weighted by molar-refractivity contribution is -0.333. The minimum atomic E-state index is -0.523. The van der Waals surface area contributed by atoms with Crippen molar-refractivity contribution in [3.05, 3.63) is 0 Å². The van der Waals surface area contributed by atoms with Gasteiger partial charge >= 0.3 is 5.97 Å². The molecule has 0 aromatic rings. The van der Waals surface area contributed by atoms with E-state index in [0.717, 1.165) is 44.8 Å². The van der Waals surface area contributed by atoms with Crippen molar-refractivity contribution in [3.63, 3.8) is 0 Å². The maximum Gasteiger partial charge on any atom is 0.311 e. The Labute approximate surface area is 151 Å². The van der Waals surface area contributed by atoms with Crippen molar-refractivity contribution in [2.45, 2.75) is 97.1 Å². The van der Waals surface area contributed by atoms with Crippen LogP contribution in [0.5, 0.6) is 0 Å². The summed E-state index contributed by atoms with van der Waals surface area (Å²) in [5.74, 6) is -0.679. The van der Waals surface area contributed by atoms with Crippen molar-refractivity contribution in [3.8, 4) is 0 Å². The van der Waals surface area contributed by atoms with Crippen molar-refractivity contribution in [2.75, 3.05) is 6.61 Å². The summed E-state index contributed by atoms with van der Waals surface area (Å²) in [6, 6.07) is 0. The molecular weight excluding hydrogens is 320 g/mol. The molecule has 1 saturated heterocycles. The maximum atomic E-state index is 12.1. The van der Waals surface area contributed by atoms with Gasteiger partial charge in [0, 0.05) is 25.2 Å². The molecule has 1 aliphatic heterocycles. The number of carbonyl (C=O) groups excluding carboxylic acids is 2. The Bertz CT molecular complexity index is 447. The fourth-order valence-corrected chi connectivity index (χ4v) is 3.53. The van der Waals surface area contributed by atoms with Crippen LogP contribution in [0.3, 0.4) is 0 Å². The van der Waals surface area contributed by atoms with Gasteiger partial charge in [-0.25, -0.2) is 0 Å². The second-order valence-corrected chi connectivity index (χ2v) is 8.73. The SMILES string of the molecule is C[C@@H](C=O)CC[C@H]1C[C@@H](COC(=O)C(C)(C)C)OC2(CCCCC2)O1. The summed E-state index contributed by atoms with van der Waals surface area (Å²) in [5, 5.41) is 0. The van der Waals surface area contributed by atoms with Crippen LogP contribution in [0.4, 0.5) is 0 Å². The van der Waals surface area contributed by atoms with Gasteiger partial charge in [-0.3, -0.25) is 4.79 Å². The molecule has 0 radical (unpaired) electrons. The number of carbonyl (C=O) groups is 2. The van der Waals surface area contributed by atoms with E-state index in [9.17, 15) is 9.59 Å². The van der Waals surface area contributed by atoms with Crippen molar-refractivity contribution < 1.29 is 23.8 Å². The van der Waals surface area contributed by atoms with Crippen LogP contribution < -0.4 is 0 Å². The smallest absolute Gasteiger partial charge is 0.311 e. The van der Waals surface area contributed by atoms with Crippen LogP contribution in [0.2, 0.25) is 0 Å². The molecule has 1 saturated carbocycles. The molecule has 0 aromatic heterocycles. The fourth-order valence-electron chi connectivity index (χ4n) is 3.53. The van der Waals surface area contributed by atoms with Gasteiger partial charge in [-0.05, 0) is 46.5 Å². The van der Waals surface area contributed by atoms with E-state index in [1.807, 2.05) is 27.7 Å². The lowest BCUT2D eigenvalue weighted by Crippen LogP contribution is -2.51. The standard InChI is InChI=1S/C20H34O5/c1-15(13-21)8-9-16-12-17(14-23-18(22)19(2,3)4)25-20(24-16)10-6-5-7-11-20/h13,15-17H,5-12,14H2,1-4H3/t15-,16+,17+/m1/s1. The Hall–Kier alpha value is -0.940. The van der Waals surface area contributed by atoms with Gasteiger partial charge in [-0.1, -0.05) is 13.3 Å². The van der Waals surface area contributed by atoms with Crippen LogP contribution in [0.25, 0.3) is 0 Å². The molecule has 25 heavy (non-hydrogen) atoms. The lowest BCUT2D eigenvalue weighted by Gasteiger charge is -2.46. The summed E-state index contributed by atoms with van der Waals surface area (Å²) in [6.45, 7) is 7.78. The third-order valence-electron chi connectivity index (χ3n) is 5.09. The van der Waals surface area contributed by atoms with Crippen LogP contribution in [-0.4, -0.2) is 36.9 Å². The van der Waals surface area contributed by atoms with Crippen LogP contribution in [0.1, 0.15) is 79.1 Å². The molecule has 5 heteroatoms. The van der Waals surface area contributed by atoms with E-state index in [0.29, 0.717) is 6.42 Å². The van der Waals surface area contributed by atoms with Gasteiger partial charge in [-0.2, -0.15) is 0 Å². The first-order valence-electron chi connectivity index (χ1n) is 9.72. The van der Waals surface area contributed by atoms with Gasteiger partial charge in [0.25, 0.3) is 0 Å². The predicted molar refractivity (Wildman–Crippen MR) is 95.1 cm³/mol. The van der Waals surface area contributed by atoms with Crippen LogP contribution in [0.15, 0.2) is 0 Å². The van der Waals surface area contributed by atoms with Gasteiger partial charge in [0.05, 0.1) is 17.6 Å². The molecule has 1 aliphatic carbocycles. The minimum Gasteiger partial charge on any atom is -0.463 e. The first kappa shape index (κ1) is 20.4. The lowest BCUT2D eigenvalue weighted by atomic mass is 9.91. The van der Waals surface area contributed by atoms with Crippen LogP contribution in [0, 0.1) is 11.3 Å². The van der Waals surface area contributed by atoms with E-state index < -0.39 is 11.2 Å².